The standard InChI is InChI=1S/C20H20N2O3/c1-14-4-3-5-15(10-14)11-20(23)21-13-17-12-19(25-22-17)16-6-8-18(24-2)9-7-16/h3-10,12H,11,13H2,1-2H3,(H,21,23). The van der Waals surface area contributed by atoms with Crippen LogP contribution in [0.1, 0.15) is 16.8 Å². The molecule has 3 aromatic rings. The normalized spacial score (nSPS) is 10.5. The highest BCUT2D eigenvalue weighted by molar-refractivity contribution is 5.78. The third kappa shape index (κ3) is 4.47. The number of benzene rings is 2. The Kier molecular flexibility index (Phi) is 5.14. The molecule has 0 fully saturated rings. The summed E-state index contributed by atoms with van der Waals surface area (Å²) in [7, 11) is 1.63. The number of aromatic nitrogens is 1. The molecule has 0 radical (unpaired) electrons. The predicted octanol–water partition coefficient (Wildman–Crippen LogP) is 3.52. The predicted molar refractivity (Wildman–Crippen MR) is 95.2 cm³/mol. The SMILES string of the molecule is COc1ccc(-c2cc(CNC(=O)Cc3cccc(C)c3)no2)cc1. The number of carbonyl (C=O) groups is 1. The number of ether oxygens (including phenoxy) is 1. The van der Waals surface area contributed by atoms with Crippen LogP contribution < -0.4 is 10.1 Å². The van der Waals surface area contributed by atoms with E-state index in [0.29, 0.717) is 24.4 Å². The molecule has 1 heterocycles. The molecule has 0 unspecified atom stereocenters. The molecule has 1 N–H and O–H groups in total. The molecule has 0 spiro atoms. The van der Waals surface area contributed by atoms with Crippen molar-refractivity contribution in [1.29, 1.82) is 0 Å². The molecule has 1 aromatic heterocycles. The molecular weight excluding hydrogens is 316 g/mol. The van der Waals surface area contributed by atoms with Crippen LogP contribution >= 0.6 is 0 Å². The number of amides is 1. The van der Waals surface area contributed by atoms with Crippen LogP contribution in [0.4, 0.5) is 0 Å². The minimum Gasteiger partial charge on any atom is -0.497 e. The zero-order chi connectivity index (χ0) is 17.6. The van der Waals surface area contributed by atoms with Gasteiger partial charge < -0.3 is 14.6 Å². The molecule has 0 saturated carbocycles. The molecule has 5 heteroatoms. The van der Waals surface area contributed by atoms with Crippen molar-refractivity contribution >= 4 is 5.91 Å². The Hall–Kier alpha value is -3.08. The average molecular weight is 336 g/mol. The summed E-state index contributed by atoms with van der Waals surface area (Å²) in [5.74, 6) is 1.40. The topological polar surface area (TPSA) is 64.4 Å². The van der Waals surface area contributed by atoms with Crippen molar-refractivity contribution in [3.8, 4) is 17.1 Å². The third-order valence-electron chi connectivity index (χ3n) is 3.85. The van der Waals surface area contributed by atoms with Crippen molar-refractivity contribution in [3.05, 3.63) is 71.4 Å². The van der Waals surface area contributed by atoms with Crippen LogP contribution in [0.5, 0.6) is 5.75 Å². The highest BCUT2D eigenvalue weighted by atomic mass is 16.5. The molecule has 5 nitrogen and oxygen atoms in total. The molecule has 0 saturated heterocycles. The first kappa shape index (κ1) is 16.8. The van der Waals surface area contributed by atoms with E-state index in [1.54, 1.807) is 7.11 Å². The molecule has 128 valence electrons. The lowest BCUT2D eigenvalue weighted by Crippen LogP contribution is -2.24. The van der Waals surface area contributed by atoms with E-state index in [2.05, 4.69) is 10.5 Å². The van der Waals surface area contributed by atoms with E-state index in [-0.39, 0.29) is 5.91 Å². The fourth-order valence-electron chi connectivity index (χ4n) is 2.55. The summed E-state index contributed by atoms with van der Waals surface area (Å²) in [4.78, 5) is 12.1. The number of hydrogen-bond acceptors (Lipinski definition) is 4. The highest BCUT2D eigenvalue weighted by Gasteiger charge is 2.09. The van der Waals surface area contributed by atoms with Gasteiger partial charge in [0.05, 0.1) is 20.1 Å². The molecular formula is C20H20N2O3. The summed E-state index contributed by atoms with van der Waals surface area (Å²) in [5.41, 5.74) is 3.73. The van der Waals surface area contributed by atoms with E-state index >= 15 is 0 Å². The van der Waals surface area contributed by atoms with Gasteiger partial charge in [-0.25, -0.2) is 0 Å². The van der Waals surface area contributed by atoms with Crippen molar-refractivity contribution < 1.29 is 14.1 Å². The molecule has 0 bridgehead atoms. The molecule has 1 amide bonds. The van der Waals surface area contributed by atoms with E-state index in [1.165, 1.54) is 0 Å². The lowest BCUT2D eigenvalue weighted by molar-refractivity contribution is -0.120. The van der Waals surface area contributed by atoms with Gasteiger partial charge in [-0.3, -0.25) is 4.79 Å². The van der Waals surface area contributed by atoms with Crippen LogP contribution in [0.3, 0.4) is 0 Å². The number of hydrogen-bond donors (Lipinski definition) is 1. The second kappa shape index (κ2) is 7.66. The maximum atomic E-state index is 12.1. The van der Waals surface area contributed by atoms with Gasteiger partial charge in [-0.05, 0) is 36.8 Å². The summed E-state index contributed by atoms with van der Waals surface area (Å²) >= 11 is 0. The van der Waals surface area contributed by atoms with Gasteiger partial charge in [0, 0.05) is 11.6 Å². The fourth-order valence-corrected chi connectivity index (χ4v) is 2.55. The van der Waals surface area contributed by atoms with Gasteiger partial charge in [0.2, 0.25) is 5.91 Å². The van der Waals surface area contributed by atoms with Crippen molar-refractivity contribution in [2.24, 2.45) is 0 Å². The Labute approximate surface area is 146 Å². The highest BCUT2D eigenvalue weighted by Crippen LogP contribution is 2.23. The molecule has 2 aromatic carbocycles. The van der Waals surface area contributed by atoms with E-state index in [9.17, 15) is 4.79 Å². The first-order chi connectivity index (χ1) is 12.1. The number of carbonyl (C=O) groups excluding carboxylic acids is 1. The molecule has 0 atom stereocenters. The van der Waals surface area contributed by atoms with Crippen LogP contribution in [-0.2, 0) is 17.8 Å². The van der Waals surface area contributed by atoms with Gasteiger partial charge in [-0.1, -0.05) is 35.0 Å². The summed E-state index contributed by atoms with van der Waals surface area (Å²) < 4.78 is 10.5. The Balaban J connectivity index is 1.56. The number of nitrogens with zero attached hydrogens (tertiary/aromatic N) is 1. The lowest BCUT2D eigenvalue weighted by Gasteiger charge is -2.04. The first-order valence-electron chi connectivity index (χ1n) is 8.06. The number of methoxy groups -OCH3 is 1. The molecule has 0 aliphatic rings. The lowest BCUT2D eigenvalue weighted by atomic mass is 10.1. The molecule has 25 heavy (non-hydrogen) atoms. The van der Waals surface area contributed by atoms with Crippen LogP contribution in [-0.4, -0.2) is 18.2 Å². The quantitative estimate of drug-likeness (QED) is 0.748. The monoisotopic (exact) mass is 336 g/mol. The molecule has 0 aliphatic carbocycles. The Morgan fingerprint density at radius 2 is 1.96 bits per heavy atom. The fraction of sp³-hybridized carbons (Fsp3) is 0.200. The first-order valence-corrected chi connectivity index (χ1v) is 8.06. The summed E-state index contributed by atoms with van der Waals surface area (Å²) in [5, 5.41) is 6.88. The van der Waals surface area contributed by atoms with Gasteiger partial charge in [-0.2, -0.15) is 0 Å². The molecule has 3 rings (SSSR count). The van der Waals surface area contributed by atoms with Gasteiger partial charge in [0.1, 0.15) is 11.4 Å². The van der Waals surface area contributed by atoms with Crippen LogP contribution in [0.2, 0.25) is 0 Å². The van der Waals surface area contributed by atoms with Crippen LogP contribution in [0, 0.1) is 6.92 Å². The van der Waals surface area contributed by atoms with Crippen molar-refractivity contribution in [3.63, 3.8) is 0 Å². The number of aryl methyl sites for hydroxylation is 1. The minimum atomic E-state index is -0.0420. The van der Waals surface area contributed by atoms with Gasteiger partial charge in [0.25, 0.3) is 0 Å². The van der Waals surface area contributed by atoms with Gasteiger partial charge in [-0.15, -0.1) is 0 Å². The van der Waals surface area contributed by atoms with Crippen molar-refractivity contribution in [2.45, 2.75) is 19.9 Å². The number of nitrogens with one attached hydrogen (secondary N) is 1. The number of rotatable bonds is 6. The summed E-state index contributed by atoms with van der Waals surface area (Å²) in [6.45, 7) is 2.35. The van der Waals surface area contributed by atoms with Crippen molar-refractivity contribution in [1.82, 2.24) is 10.5 Å². The van der Waals surface area contributed by atoms with E-state index in [0.717, 1.165) is 22.4 Å². The zero-order valence-electron chi connectivity index (χ0n) is 14.3. The van der Waals surface area contributed by atoms with Crippen molar-refractivity contribution in [2.75, 3.05) is 7.11 Å². The van der Waals surface area contributed by atoms with Gasteiger partial charge in [0.15, 0.2) is 5.76 Å². The smallest absolute Gasteiger partial charge is 0.224 e. The molecule has 0 aliphatic heterocycles. The maximum absolute atomic E-state index is 12.1. The summed E-state index contributed by atoms with van der Waals surface area (Å²) in [6, 6.07) is 17.3. The Morgan fingerprint density at radius 3 is 2.68 bits per heavy atom. The van der Waals surface area contributed by atoms with Crippen LogP contribution in [0.25, 0.3) is 11.3 Å². The van der Waals surface area contributed by atoms with Gasteiger partial charge >= 0.3 is 0 Å². The van der Waals surface area contributed by atoms with E-state index < -0.39 is 0 Å². The van der Waals surface area contributed by atoms with E-state index in [1.807, 2.05) is 61.5 Å². The zero-order valence-corrected chi connectivity index (χ0v) is 14.3. The largest absolute Gasteiger partial charge is 0.497 e. The summed E-state index contributed by atoms with van der Waals surface area (Å²) in [6.07, 6.45) is 0.352. The van der Waals surface area contributed by atoms with E-state index in [4.69, 9.17) is 9.26 Å². The second-order valence-electron chi connectivity index (χ2n) is 5.85. The van der Waals surface area contributed by atoms with Crippen LogP contribution in [0.15, 0.2) is 59.1 Å². The Bertz CT molecular complexity index is 853. The third-order valence-corrected chi connectivity index (χ3v) is 3.85. The maximum Gasteiger partial charge on any atom is 0.224 e. The Morgan fingerprint density at radius 1 is 1.16 bits per heavy atom. The average Bonchev–Trinajstić information content (AvgIpc) is 3.09. The second-order valence-corrected chi connectivity index (χ2v) is 5.85. The minimum absolute atomic E-state index is 0.0420.